The molecule has 0 spiro atoms. The van der Waals surface area contributed by atoms with Crippen LogP contribution in [-0.4, -0.2) is 11.5 Å². The van der Waals surface area contributed by atoms with Gasteiger partial charge in [-0.25, -0.2) is 0 Å². The molecule has 0 aliphatic rings. The van der Waals surface area contributed by atoms with Crippen molar-refractivity contribution in [3.63, 3.8) is 0 Å². The van der Waals surface area contributed by atoms with Crippen molar-refractivity contribution >= 4 is 0 Å². The molecule has 0 saturated heterocycles. The molecule has 0 bridgehead atoms. The Labute approximate surface area is 120 Å². The van der Waals surface area contributed by atoms with Crippen molar-refractivity contribution in [1.82, 2.24) is 10.3 Å². The molecule has 4 nitrogen and oxygen atoms in total. The average Bonchev–Trinajstić information content (AvgIpc) is 2.81. The van der Waals surface area contributed by atoms with Crippen LogP contribution in [0.15, 0.2) is 28.9 Å². The number of oxazole rings is 1. The number of hydrogen-bond donors (Lipinski definition) is 1. The van der Waals surface area contributed by atoms with Gasteiger partial charge in [-0.1, -0.05) is 19.9 Å². The lowest BCUT2D eigenvalue weighted by molar-refractivity contribution is 0.330. The smallest absolute Gasteiger partial charge is 0.399 e. The van der Waals surface area contributed by atoms with E-state index in [1.807, 2.05) is 18.2 Å². The first kappa shape index (κ1) is 14.6. The van der Waals surface area contributed by atoms with E-state index in [-0.39, 0.29) is 6.08 Å². The monoisotopic (exact) mass is 274 g/mol. The van der Waals surface area contributed by atoms with Crippen molar-refractivity contribution in [3.05, 3.63) is 41.3 Å². The highest BCUT2D eigenvalue weighted by Crippen LogP contribution is 2.23. The van der Waals surface area contributed by atoms with Crippen LogP contribution in [0.4, 0.5) is 0 Å². The van der Waals surface area contributed by atoms with Crippen LogP contribution in [0, 0.1) is 19.8 Å². The summed E-state index contributed by atoms with van der Waals surface area (Å²) in [6, 6.07) is 5.93. The lowest BCUT2D eigenvalue weighted by Crippen LogP contribution is -2.19. The van der Waals surface area contributed by atoms with Gasteiger partial charge >= 0.3 is 6.08 Å². The van der Waals surface area contributed by atoms with Crippen LogP contribution in [0.1, 0.15) is 30.7 Å². The standard InChI is InChI=1S/C16H22N2O2/c1-11(2)8-17-9-14-10-19-16(18-14)20-15-6-5-12(3)13(4)7-15/h5-7,10-11,17H,8-9H2,1-4H3. The molecule has 1 aromatic heterocycles. The summed E-state index contributed by atoms with van der Waals surface area (Å²) in [6.07, 6.45) is 1.92. The number of ether oxygens (including phenoxy) is 1. The molecular formula is C16H22N2O2. The number of aromatic nitrogens is 1. The van der Waals surface area contributed by atoms with E-state index in [9.17, 15) is 0 Å². The lowest BCUT2D eigenvalue weighted by atomic mass is 10.1. The molecule has 2 rings (SSSR count). The van der Waals surface area contributed by atoms with E-state index in [1.165, 1.54) is 11.1 Å². The molecule has 0 amide bonds. The van der Waals surface area contributed by atoms with E-state index in [0.29, 0.717) is 12.5 Å². The van der Waals surface area contributed by atoms with Gasteiger partial charge in [-0.15, -0.1) is 0 Å². The minimum Gasteiger partial charge on any atom is -0.417 e. The first-order valence-corrected chi connectivity index (χ1v) is 6.95. The van der Waals surface area contributed by atoms with Gasteiger partial charge in [0.05, 0.1) is 5.69 Å². The third-order valence-corrected chi connectivity index (χ3v) is 3.07. The van der Waals surface area contributed by atoms with Gasteiger partial charge in [-0.3, -0.25) is 0 Å². The van der Waals surface area contributed by atoms with Crippen LogP contribution in [0.3, 0.4) is 0 Å². The van der Waals surface area contributed by atoms with Gasteiger partial charge in [0.2, 0.25) is 0 Å². The zero-order valence-corrected chi connectivity index (χ0v) is 12.6. The highest BCUT2D eigenvalue weighted by atomic mass is 16.6. The second kappa shape index (κ2) is 6.57. The Balaban J connectivity index is 1.93. The van der Waals surface area contributed by atoms with Crippen molar-refractivity contribution in [2.75, 3.05) is 6.54 Å². The fourth-order valence-corrected chi connectivity index (χ4v) is 1.78. The highest BCUT2D eigenvalue weighted by molar-refractivity contribution is 5.34. The van der Waals surface area contributed by atoms with Crippen LogP contribution in [-0.2, 0) is 6.54 Å². The number of hydrogen-bond acceptors (Lipinski definition) is 4. The van der Waals surface area contributed by atoms with Crippen molar-refractivity contribution in [2.45, 2.75) is 34.2 Å². The Kier molecular flexibility index (Phi) is 4.79. The van der Waals surface area contributed by atoms with Crippen LogP contribution in [0.25, 0.3) is 0 Å². The molecule has 1 aromatic carbocycles. The fraction of sp³-hybridized carbons (Fsp3) is 0.438. The molecule has 0 fully saturated rings. The summed E-state index contributed by atoms with van der Waals surface area (Å²) < 4.78 is 10.9. The number of nitrogens with zero attached hydrogens (tertiary/aromatic N) is 1. The molecule has 0 aliphatic carbocycles. The molecule has 20 heavy (non-hydrogen) atoms. The molecule has 108 valence electrons. The Morgan fingerprint density at radius 1 is 1.25 bits per heavy atom. The third kappa shape index (κ3) is 4.10. The van der Waals surface area contributed by atoms with Crippen molar-refractivity contribution in [1.29, 1.82) is 0 Å². The molecule has 0 saturated carbocycles. The summed E-state index contributed by atoms with van der Waals surface area (Å²) >= 11 is 0. The molecule has 1 heterocycles. The molecule has 0 unspecified atom stereocenters. The van der Waals surface area contributed by atoms with Crippen LogP contribution in [0.2, 0.25) is 0 Å². The molecule has 2 aromatic rings. The van der Waals surface area contributed by atoms with Gasteiger partial charge in [-0.05, 0) is 49.6 Å². The van der Waals surface area contributed by atoms with Crippen molar-refractivity contribution < 1.29 is 9.15 Å². The van der Waals surface area contributed by atoms with Crippen molar-refractivity contribution in [3.8, 4) is 11.8 Å². The maximum absolute atomic E-state index is 5.62. The number of rotatable bonds is 6. The van der Waals surface area contributed by atoms with Gasteiger partial charge in [0.25, 0.3) is 0 Å². The topological polar surface area (TPSA) is 47.3 Å². The van der Waals surface area contributed by atoms with Crippen molar-refractivity contribution in [2.24, 2.45) is 5.92 Å². The number of nitrogens with one attached hydrogen (secondary N) is 1. The first-order valence-electron chi connectivity index (χ1n) is 6.95. The SMILES string of the molecule is Cc1ccc(Oc2nc(CNCC(C)C)co2)cc1C. The maximum Gasteiger partial charge on any atom is 0.399 e. The summed E-state index contributed by atoms with van der Waals surface area (Å²) in [7, 11) is 0. The molecule has 4 heteroatoms. The molecular weight excluding hydrogens is 252 g/mol. The predicted molar refractivity (Wildman–Crippen MR) is 79.0 cm³/mol. The fourth-order valence-electron chi connectivity index (χ4n) is 1.78. The van der Waals surface area contributed by atoms with Crippen LogP contribution >= 0.6 is 0 Å². The minimum absolute atomic E-state index is 0.287. The lowest BCUT2D eigenvalue weighted by Gasteiger charge is -2.04. The summed E-state index contributed by atoms with van der Waals surface area (Å²) in [5.41, 5.74) is 3.28. The zero-order chi connectivity index (χ0) is 14.5. The average molecular weight is 274 g/mol. The molecule has 0 radical (unpaired) electrons. The Morgan fingerprint density at radius 2 is 2.05 bits per heavy atom. The van der Waals surface area contributed by atoms with E-state index < -0.39 is 0 Å². The Morgan fingerprint density at radius 3 is 2.75 bits per heavy atom. The molecule has 1 N–H and O–H groups in total. The van der Waals surface area contributed by atoms with Gasteiger partial charge in [0, 0.05) is 6.54 Å². The van der Waals surface area contributed by atoms with E-state index in [4.69, 9.17) is 9.15 Å². The largest absolute Gasteiger partial charge is 0.417 e. The number of benzene rings is 1. The maximum atomic E-state index is 5.62. The predicted octanol–water partition coefficient (Wildman–Crippen LogP) is 3.83. The van der Waals surface area contributed by atoms with E-state index in [1.54, 1.807) is 6.26 Å². The molecule has 0 atom stereocenters. The van der Waals surface area contributed by atoms with Gasteiger partial charge in [0.1, 0.15) is 12.0 Å². The zero-order valence-electron chi connectivity index (χ0n) is 12.6. The second-order valence-electron chi connectivity index (χ2n) is 5.48. The second-order valence-corrected chi connectivity index (χ2v) is 5.48. The van der Waals surface area contributed by atoms with Crippen LogP contribution < -0.4 is 10.1 Å². The summed E-state index contributed by atoms with van der Waals surface area (Å²) in [5, 5.41) is 3.32. The first-order chi connectivity index (χ1) is 9.54. The quantitative estimate of drug-likeness (QED) is 0.869. The highest BCUT2D eigenvalue weighted by Gasteiger charge is 2.07. The minimum atomic E-state index is 0.287. The Hall–Kier alpha value is -1.81. The van der Waals surface area contributed by atoms with Crippen LogP contribution in [0.5, 0.6) is 11.8 Å². The van der Waals surface area contributed by atoms with Gasteiger partial charge < -0.3 is 14.5 Å². The number of aryl methyl sites for hydroxylation is 2. The summed E-state index contributed by atoms with van der Waals surface area (Å²) in [4.78, 5) is 4.30. The van der Waals surface area contributed by atoms with E-state index >= 15 is 0 Å². The Bertz CT molecular complexity index is 561. The normalized spacial score (nSPS) is 11.1. The molecule has 0 aliphatic heterocycles. The summed E-state index contributed by atoms with van der Waals surface area (Å²) in [5.74, 6) is 1.37. The van der Waals surface area contributed by atoms with E-state index in [2.05, 4.69) is 38.0 Å². The van der Waals surface area contributed by atoms with E-state index in [0.717, 1.165) is 18.0 Å². The summed E-state index contributed by atoms with van der Waals surface area (Å²) in [6.45, 7) is 10.1. The third-order valence-electron chi connectivity index (χ3n) is 3.07. The van der Waals surface area contributed by atoms with Gasteiger partial charge in [0.15, 0.2) is 0 Å². The van der Waals surface area contributed by atoms with Gasteiger partial charge in [-0.2, -0.15) is 4.98 Å².